The van der Waals surface area contributed by atoms with Gasteiger partial charge in [0.1, 0.15) is 11.9 Å². The van der Waals surface area contributed by atoms with Crippen LogP contribution in [0.5, 0.6) is 0 Å². The summed E-state index contributed by atoms with van der Waals surface area (Å²) in [5, 5.41) is 7.18. The molecule has 3 aromatic rings. The van der Waals surface area contributed by atoms with Crippen LogP contribution in [0, 0.1) is 12.8 Å². The van der Waals surface area contributed by atoms with Crippen molar-refractivity contribution < 1.29 is 14.4 Å². The number of aryl methyl sites for hydroxylation is 2. The first-order chi connectivity index (χ1) is 17.2. The third kappa shape index (κ3) is 4.90. The smallest absolute Gasteiger partial charge is 0.325 e. The van der Waals surface area contributed by atoms with Crippen LogP contribution in [0.4, 0.5) is 16.4 Å². The van der Waals surface area contributed by atoms with Crippen molar-refractivity contribution in [2.24, 2.45) is 13.0 Å². The highest BCUT2D eigenvalue weighted by Gasteiger charge is 2.55. The van der Waals surface area contributed by atoms with Crippen LogP contribution in [-0.2, 0) is 23.1 Å². The summed E-state index contributed by atoms with van der Waals surface area (Å²) >= 11 is 0. The molecule has 0 spiro atoms. The Bertz CT molecular complexity index is 1270. The normalized spacial score (nSPS) is 17.9. The van der Waals surface area contributed by atoms with Gasteiger partial charge in [-0.05, 0) is 49.1 Å². The van der Waals surface area contributed by atoms with Gasteiger partial charge in [0.05, 0.1) is 12.0 Å². The predicted molar refractivity (Wildman–Crippen MR) is 134 cm³/mol. The van der Waals surface area contributed by atoms with Gasteiger partial charge < -0.3 is 11.1 Å². The van der Waals surface area contributed by atoms with Crippen LogP contribution in [-0.4, -0.2) is 55.6 Å². The van der Waals surface area contributed by atoms with Gasteiger partial charge >= 0.3 is 6.03 Å². The number of carbonyl (C=O) groups is 3. The Morgan fingerprint density at radius 3 is 2.61 bits per heavy atom. The maximum atomic E-state index is 13.6. The van der Waals surface area contributed by atoms with E-state index in [1.807, 2.05) is 26.0 Å². The minimum absolute atomic E-state index is 0.251. The molecule has 11 heteroatoms. The van der Waals surface area contributed by atoms with Crippen LogP contribution in [0.15, 0.2) is 48.9 Å². The van der Waals surface area contributed by atoms with Crippen LogP contribution < -0.4 is 16.0 Å². The minimum Gasteiger partial charge on any atom is -0.384 e. The summed E-state index contributed by atoms with van der Waals surface area (Å²) in [7, 11) is 3.33. The van der Waals surface area contributed by atoms with E-state index in [9.17, 15) is 14.4 Å². The summed E-state index contributed by atoms with van der Waals surface area (Å²) in [6.45, 7) is 3.81. The van der Waals surface area contributed by atoms with Crippen molar-refractivity contribution in [1.29, 1.82) is 0 Å². The third-order valence-corrected chi connectivity index (χ3v) is 6.40. The first-order valence-electron chi connectivity index (χ1n) is 11.7. The van der Waals surface area contributed by atoms with Gasteiger partial charge in [-0.1, -0.05) is 13.0 Å². The Hall–Kier alpha value is -4.28. The van der Waals surface area contributed by atoms with Crippen molar-refractivity contribution >= 4 is 29.5 Å². The molecule has 188 valence electrons. The highest BCUT2D eigenvalue weighted by Crippen LogP contribution is 2.33. The average molecular weight is 491 g/mol. The van der Waals surface area contributed by atoms with Crippen LogP contribution in [0.2, 0.25) is 0 Å². The molecular formula is C25H30N8O3. The largest absolute Gasteiger partial charge is 0.384 e. The van der Waals surface area contributed by atoms with Gasteiger partial charge in [0.25, 0.3) is 5.91 Å². The summed E-state index contributed by atoms with van der Waals surface area (Å²) in [5.74, 6) is -0.809. The lowest BCUT2D eigenvalue weighted by atomic mass is 9.81. The van der Waals surface area contributed by atoms with Crippen molar-refractivity contribution in [2.75, 3.05) is 17.7 Å². The lowest BCUT2D eigenvalue weighted by Gasteiger charge is -2.45. The molecule has 1 unspecified atom stereocenters. The molecule has 1 saturated heterocycles. The number of urea groups is 1. The predicted octanol–water partition coefficient (Wildman–Crippen LogP) is 1.99. The number of aromatic nitrogens is 4. The van der Waals surface area contributed by atoms with Crippen LogP contribution in [0.3, 0.4) is 0 Å². The number of nitrogens with one attached hydrogen (secondary N) is 1. The first-order valence-corrected chi connectivity index (χ1v) is 11.7. The summed E-state index contributed by atoms with van der Waals surface area (Å²) in [4.78, 5) is 50.8. The number of β-lactam (4-membered cyclic amide) rings is 1. The Kier molecular flexibility index (Phi) is 7.00. The topological polar surface area (TPSA) is 139 Å². The van der Waals surface area contributed by atoms with Gasteiger partial charge in [-0.15, -0.1) is 0 Å². The number of amides is 4. The van der Waals surface area contributed by atoms with E-state index in [2.05, 4.69) is 20.4 Å². The summed E-state index contributed by atoms with van der Waals surface area (Å²) in [6, 6.07) is 6.89. The number of imide groups is 1. The highest BCUT2D eigenvalue weighted by atomic mass is 16.2. The molecule has 0 bridgehead atoms. The van der Waals surface area contributed by atoms with E-state index in [1.54, 1.807) is 55.6 Å². The summed E-state index contributed by atoms with van der Waals surface area (Å²) < 4.78 is 1.58. The fourth-order valence-corrected chi connectivity index (χ4v) is 4.35. The fraction of sp³-hybridized carbons (Fsp3) is 0.360. The van der Waals surface area contributed by atoms with E-state index in [1.165, 1.54) is 4.90 Å². The number of nitrogens with zero attached hydrogens (tertiary/aromatic N) is 6. The molecule has 11 nitrogen and oxygen atoms in total. The molecule has 4 amide bonds. The number of likely N-dealkylation sites (N-methyl/N-ethyl adjacent to an activating group) is 1. The van der Waals surface area contributed by atoms with Gasteiger partial charge in [-0.2, -0.15) is 5.10 Å². The highest BCUT2D eigenvalue weighted by molar-refractivity contribution is 6.12. The number of likely N-dealkylation sites (tertiary alicyclic amines) is 1. The summed E-state index contributed by atoms with van der Waals surface area (Å²) in [5.41, 5.74) is 8.24. The zero-order valence-corrected chi connectivity index (χ0v) is 20.8. The second-order valence-electron chi connectivity index (χ2n) is 8.94. The molecule has 1 fully saturated rings. The number of rotatable bonds is 7. The van der Waals surface area contributed by atoms with Crippen molar-refractivity contribution in [3.63, 3.8) is 0 Å². The molecule has 4 rings (SSSR count). The van der Waals surface area contributed by atoms with E-state index < -0.39 is 29.8 Å². The van der Waals surface area contributed by atoms with E-state index in [0.717, 1.165) is 21.7 Å². The molecule has 4 heterocycles. The number of hydrogen-bond acceptors (Lipinski definition) is 7. The number of hydrogen-bond donors (Lipinski definition) is 2. The third-order valence-electron chi connectivity index (χ3n) is 6.40. The molecule has 1 aliphatic rings. The zero-order valence-electron chi connectivity index (χ0n) is 20.8. The molecular weight excluding hydrogens is 460 g/mol. The number of pyridine rings is 2. The maximum absolute atomic E-state index is 13.6. The molecule has 36 heavy (non-hydrogen) atoms. The van der Waals surface area contributed by atoms with Gasteiger partial charge in [0.2, 0.25) is 5.91 Å². The number of nitrogens with two attached hydrogens (primary N) is 1. The molecule has 0 aliphatic carbocycles. The Labute approximate surface area is 209 Å². The van der Waals surface area contributed by atoms with Gasteiger partial charge in [-0.3, -0.25) is 29.1 Å². The lowest BCUT2D eigenvalue weighted by Crippen LogP contribution is -2.70. The maximum Gasteiger partial charge on any atom is 0.325 e. The van der Waals surface area contributed by atoms with Gasteiger partial charge in [0, 0.05) is 44.4 Å². The molecule has 0 aromatic carbocycles. The van der Waals surface area contributed by atoms with Gasteiger partial charge in [0.15, 0.2) is 5.82 Å². The minimum atomic E-state index is -0.993. The second kappa shape index (κ2) is 10.1. The second-order valence-corrected chi connectivity index (χ2v) is 8.94. The Morgan fingerprint density at radius 1 is 1.22 bits per heavy atom. The van der Waals surface area contributed by atoms with Crippen molar-refractivity contribution in [3.8, 4) is 0 Å². The van der Waals surface area contributed by atoms with Crippen molar-refractivity contribution in [1.82, 2.24) is 30.0 Å². The average Bonchev–Trinajstić information content (AvgIpc) is 3.30. The van der Waals surface area contributed by atoms with Gasteiger partial charge in [-0.25, -0.2) is 9.78 Å². The SMILES string of the molecule is CCC(NC(=O)N1C(=O)[C@H](Cc2ccnc(N)c2)[C@H]1C(=O)N(C)c1ccn(C)n1)c1ccc(C)nc1. The molecule has 1 aliphatic heterocycles. The Balaban J connectivity index is 1.59. The van der Waals surface area contributed by atoms with Crippen molar-refractivity contribution in [3.05, 3.63) is 65.7 Å². The molecule has 3 aromatic heterocycles. The molecule has 3 atom stereocenters. The van der Waals surface area contributed by atoms with Crippen molar-refractivity contribution in [2.45, 2.75) is 38.8 Å². The van der Waals surface area contributed by atoms with Crippen LogP contribution in [0.1, 0.15) is 36.2 Å². The monoisotopic (exact) mass is 490 g/mol. The fourth-order valence-electron chi connectivity index (χ4n) is 4.35. The number of nitrogen functional groups attached to an aromatic ring is 1. The Morgan fingerprint density at radius 2 is 2.00 bits per heavy atom. The lowest BCUT2D eigenvalue weighted by molar-refractivity contribution is -0.156. The van der Waals surface area contributed by atoms with Crippen LogP contribution in [0.25, 0.3) is 0 Å². The molecule has 3 N–H and O–H groups in total. The van der Waals surface area contributed by atoms with Crippen LogP contribution >= 0.6 is 0 Å². The number of carbonyl (C=O) groups excluding carboxylic acids is 3. The summed E-state index contributed by atoms with van der Waals surface area (Å²) in [6.07, 6.45) is 5.81. The quantitative estimate of drug-likeness (QED) is 0.483. The van der Waals surface area contributed by atoms with E-state index in [0.29, 0.717) is 18.1 Å². The zero-order chi connectivity index (χ0) is 26.0. The molecule has 0 saturated carbocycles. The van der Waals surface area contributed by atoms with E-state index in [4.69, 9.17) is 5.73 Å². The first kappa shape index (κ1) is 24.8. The number of anilines is 2. The molecule has 0 radical (unpaired) electrons. The van der Waals surface area contributed by atoms with E-state index >= 15 is 0 Å². The standard InChI is InChI=1S/C25H30N8O3/c1-5-19(17-7-6-15(2)28-14-17)29-25(36)33-22(24(35)32(4)21-9-11-31(3)30-21)18(23(33)34)12-16-8-10-27-20(26)13-16/h6-11,13-14,18-19,22H,5,12H2,1-4H3,(H2,26,27)(H,29,36)/t18-,19?,22+/m1/s1. The van der Waals surface area contributed by atoms with E-state index in [-0.39, 0.29) is 12.5 Å².